The smallest absolute Gasteiger partial charge is 0.408 e. The summed E-state index contributed by atoms with van der Waals surface area (Å²) in [5, 5.41) is 15.2. The highest BCUT2D eigenvalue weighted by atomic mass is 16.6. The van der Waals surface area contributed by atoms with Crippen LogP contribution < -0.4 is 10.6 Å². The van der Waals surface area contributed by atoms with Crippen LogP contribution >= 0.6 is 0 Å². The number of esters is 1. The first kappa shape index (κ1) is 34.7. The number of benzene rings is 2. The highest BCUT2D eigenvalue weighted by Crippen LogP contribution is 2.27. The van der Waals surface area contributed by atoms with Gasteiger partial charge < -0.3 is 30.1 Å². The van der Waals surface area contributed by atoms with Gasteiger partial charge in [-0.3, -0.25) is 14.4 Å². The van der Waals surface area contributed by atoms with Crippen LogP contribution in [0.5, 0.6) is 5.75 Å². The van der Waals surface area contributed by atoms with Crippen molar-refractivity contribution in [1.29, 1.82) is 0 Å². The van der Waals surface area contributed by atoms with Gasteiger partial charge >= 0.3 is 12.1 Å². The number of amides is 3. The first-order valence-electron chi connectivity index (χ1n) is 14.5. The van der Waals surface area contributed by atoms with Gasteiger partial charge in [0.25, 0.3) is 0 Å². The number of phenols is 1. The van der Waals surface area contributed by atoms with Gasteiger partial charge in [-0.15, -0.1) is 6.42 Å². The highest BCUT2D eigenvalue weighted by Gasteiger charge is 2.37. The van der Waals surface area contributed by atoms with Crippen LogP contribution in [0.2, 0.25) is 0 Å². The molecule has 2 aromatic rings. The van der Waals surface area contributed by atoms with E-state index in [1.165, 1.54) is 17.0 Å². The van der Waals surface area contributed by atoms with Gasteiger partial charge in [-0.25, -0.2) is 4.79 Å². The predicted molar refractivity (Wildman–Crippen MR) is 163 cm³/mol. The zero-order valence-corrected chi connectivity index (χ0v) is 25.6. The minimum atomic E-state index is -1.16. The van der Waals surface area contributed by atoms with E-state index in [0.29, 0.717) is 23.1 Å². The van der Waals surface area contributed by atoms with Crippen molar-refractivity contribution in [3.8, 4) is 18.1 Å². The van der Waals surface area contributed by atoms with Crippen LogP contribution in [0.25, 0.3) is 0 Å². The molecule has 2 aromatic carbocycles. The summed E-state index contributed by atoms with van der Waals surface area (Å²) in [6.07, 6.45) is 6.31. The number of unbranched alkanes of at least 4 members (excludes halogenated alkanes) is 1. The number of nitrogens with one attached hydrogen (secondary N) is 2. The predicted octanol–water partition coefficient (Wildman–Crippen LogP) is 4.25. The fourth-order valence-corrected chi connectivity index (χ4v) is 4.35. The Hall–Kier alpha value is -4.52. The molecule has 3 N–H and O–H groups in total. The van der Waals surface area contributed by atoms with E-state index in [2.05, 4.69) is 16.6 Å². The van der Waals surface area contributed by atoms with E-state index in [1.54, 1.807) is 64.1 Å². The first-order valence-corrected chi connectivity index (χ1v) is 14.5. The molecule has 0 bridgehead atoms. The molecule has 0 aliphatic carbocycles. The van der Waals surface area contributed by atoms with Crippen LogP contribution in [0.1, 0.15) is 76.6 Å². The second-order valence-corrected chi connectivity index (χ2v) is 10.9. The summed E-state index contributed by atoms with van der Waals surface area (Å²) in [4.78, 5) is 54.4. The molecule has 43 heavy (non-hydrogen) atoms. The third-order valence-corrected chi connectivity index (χ3v) is 6.31. The quantitative estimate of drug-likeness (QED) is 0.220. The van der Waals surface area contributed by atoms with Crippen molar-refractivity contribution in [2.45, 2.75) is 78.0 Å². The van der Waals surface area contributed by atoms with Crippen LogP contribution in [0.3, 0.4) is 0 Å². The van der Waals surface area contributed by atoms with Crippen LogP contribution in [-0.2, 0) is 30.3 Å². The third-order valence-electron chi connectivity index (χ3n) is 6.31. The number of hydrogen-bond acceptors (Lipinski definition) is 7. The van der Waals surface area contributed by atoms with E-state index in [-0.39, 0.29) is 38.3 Å². The molecule has 2 atom stereocenters. The normalized spacial score (nSPS) is 12.3. The lowest BCUT2D eigenvalue weighted by Gasteiger charge is -2.35. The van der Waals surface area contributed by atoms with Gasteiger partial charge in [0.1, 0.15) is 23.4 Å². The average Bonchev–Trinajstić information content (AvgIpc) is 2.94. The Morgan fingerprint density at radius 3 is 2.33 bits per heavy atom. The van der Waals surface area contributed by atoms with Crippen molar-refractivity contribution >= 4 is 23.9 Å². The number of carbonyl (C=O) groups is 4. The molecule has 0 spiro atoms. The fourth-order valence-electron chi connectivity index (χ4n) is 4.35. The largest absolute Gasteiger partial charge is 0.508 e. The van der Waals surface area contributed by atoms with Crippen molar-refractivity contribution in [3.63, 3.8) is 0 Å². The number of aromatic hydroxyl groups is 1. The first-order chi connectivity index (χ1) is 20.4. The Morgan fingerprint density at radius 1 is 1.05 bits per heavy atom. The Labute approximate surface area is 254 Å². The lowest BCUT2D eigenvalue weighted by molar-refractivity contribution is -0.144. The highest BCUT2D eigenvalue weighted by molar-refractivity contribution is 5.93. The average molecular weight is 594 g/mol. The summed E-state index contributed by atoms with van der Waals surface area (Å²) < 4.78 is 10.4. The van der Waals surface area contributed by atoms with Gasteiger partial charge in [0.15, 0.2) is 0 Å². The number of carbonyl (C=O) groups excluding carboxylic acids is 4. The molecule has 0 aliphatic rings. The van der Waals surface area contributed by atoms with Crippen molar-refractivity contribution in [2.75, 3.05) is 19.7 Å². The van der Waals surface area contributed by atoms with E-state index in [4.69, 9.17) is 15.9 Å². The van der Waals surface area contributed by atoms with Gasteiger partial charge in [-0.2, -0.15) is 0 Å². The summed E-state index contributed by atoms with van der Waals surface area (Å²) in [7, 11) is 0. The number of ether oxygens (including phenoxy) is 2. The minimum Gasteiger partial charge on any atom is -0.508 e. The molecule has 0 fully saturated rings. The van der Waals surface area contributed by atoms with Crippen LogP contribution in [0.4, 0.5) is 4.79 Å². The summed E-state index contributed by atoms with van der Waals surface area (Å²) in [6, 6.07) is 10.8. The number of phenolic OH excluding ortho intramolecular Hbond substituents is 1. The molecule has 232 valence electrons. The van der Waals surface area contributed by atoms with Gasteiger partial charge in [0.05, 0.1) is 13.0 Å². The molecule has 10 nitrogen and oxygen atoms in total. The SMILES string of the molecule is C#Cc1ccccc1C(C(=O)NCCC(=O)OCC)N(CCCC)C(=O)C(Cc1ccc(O)cc1)NC(=O)OC(C)(C)C. The molecule has 0 saturated carbocycles. The lowest BCUT2D eigenvalue weighted by atomic mass is 9.96. The molecule has 2 rings (SSSR count). The Kier molecular flexibility index (Phi) is 13.6. The number of hydrogen-bond donors (Lipinski definition) is 3. The molecule has 2 unspecified atom stereocenters. The molecule has 0 saturated heterocycles. The van der Waals surface area contributed by atoms with E-state index >= 15 is 0 Å². The zero-order valence-electron chi connectivity index (χ0n) is 25.6. The summed E-state index contributed by atoms with van der Waals surface area (Å²) in [5.41, 5.74) is 0.717. The third kappa shape index (κ3) is 11.3. The fraction of sp³-hybridized carbons (Fsp3) is 0.455. The maximum Gasteiger partial charge on any atom is 0.408 e. The zero-order chi connectivity index (χ0) is 32.0. The maximum atomic E-state index is 14.4. The van der Waals surface area contributed by atoms with Gasteiger partial charge in [0, 0.05) is 25.1 Å². The van der Waals surface area contributed by atoms with Gasteiger partial charge in [-0.1, -0.05) is 49.6 Å². The molecule has 0 aromatic heterocycles. The van der Waals surface area contributed by atoms with Crippen molar-refractivity contribution in [1.82, 2.24) is 15.5 Å². The lowest BCUT2D eigenvalue weighted by Crippen LogP contribution is -2.54. The summed E-state index contributed by atoms with van der Waals surface area (Å²) in [6.45, 7) is 9.19. The molecule has 0 aliphatic heterocycles. The standard InChI is InChI=1S/C33H43N3O7/c1-7-10-21-36(29(26-14-12-11-13-24(26)8-2)30(39)34-20-19-28(38)42-9-3)31(40)27(35-32(41)43-33(4,5)6)22-23-15-17-25(37)18-16-23/h2,11-18,27,29,37H,7,9-10,19-22H2,1,3-6H3,(H,34,39)(H,35,41). The minimum absolute atomic E-state index is 0.00467. The van der Waals surface area contributed by atoms with Crippen molar-refractivity contribution in [3.05, 3.63) is 65.2 Å². The molecule has 0 radical (unpaired) electrons. The summed E-state index contributed by atoms with van der Waals surface area (Å²) in [5.74, 6) is 1.14. The second kappa shape index (κ2) is 16.8. The molecule has 3 amide bonds. The number of nitrogens with zero attached hydrogens (tertiary/aromatic N) is 1. The van der Waals surface area contributed by atoms with Crippen molar-refractivity contribution in [2.24, 2.45) is 0 Å². The van der Waals surface area contributed by atoms with Crippen LogP contribution in [0.15, 0.2) is 48.5 Å². The molecular formula is C33H43N3O7. The van der Waals surface area contributed by atoms with Crippen LogP contribution in [0, 0.1) is 12.3 Å². The van der Waals surface area contributed by atoms with Gasteiger partial charge in [0.2, 0.25) is 11.8 Å². The van der Waals surface area contributed by atoms with Crippen molar-refractivity contribution < 1.29 is 33.8 Å². The number of terminal acetylenes is 1. The van der Waals surface area contributed by atoms with E-state index in [9.17, 15) is 24.3 Å². The molecule has 0 heterocycles. The van der Waals surface area contributed by atoms with Gasteiger partial charge in [-0.05, 0) is 63.4 Å². The number of alkyl carbamates (subject to hydrolysis) is 1. The van der Waals surface area contributed by atoms with E-state index < -0.39 is 41.6 Å². The maximum absolute atomic E-state index is 14.4. The number of rotatable bonds is 14. The summed E-state index contributed by atoms with van der Waals surface area (Å²) >= 11 is 0. The molecule has 10 heteroatoms. The Morgan fingerprint density at radius 2 is 1.72 bits per heavy atom. The van der Waals surface area contributed by atoms with E-state index in [1.807, 2.05) is 6.92 Å². The molecular weight excluding hydrogens is 550 g/mol. The second-order valence-electron chi connectivity index (χ2n) is 10.9. The Balaban J connectivity index is 2.56. The Bertz CT molecular complexity index is 1280. The van der Waals surface area contributed by atoms with Crippen LogP contribution in [-0.4, -0.2) is 65.2 Å². The topological polar surface area (TPSA) is 134 Å². The monoisotopic (exact) mass is 593 g/mol. The van der Waals surface area contributed by atoms with E-state index in [0.717, 1.165) is 6.42 Å².